The van der Waals surface area contributed by atoms with Crippen LogP contribution in [0, 0.1) is 0 Å². The number of hydrogen-bond donors (Lipinski definition) is 0. The van der Waals surface area contributed by atoms with E-state index in [9.17, 15) is 0 Å². The van der Waals surface area contributed by atoms with Crippen LogP contribution < -0.4 is 0 Å². The molecule has 1 spiro atoms. The van der Waals surface area contributed by atoms with Crippen LogP contribution in [0.2, 0.25) is 0 Å². The molecule has 1 aliphatic carbocycles. The first-order valence-corrected chi connectivity index (χ1v) is 4.77. The van der Waals surface area contributed by atoms with Gasteiger partial charge in [0.05, 0.1) is 8.81 Å². The average Bonchev–Trinajstić information content (AvgIpc) is 2.07. The topological polar surface area (TPSA) is 36.9 Å². The van der Waals surface area contributed by atoms with Gasteiger partial charge in [-0.25, -0.2) is 0 Å². The molecule has 5 heteroatoms. The quantitative estimate of drug-likeness (QED) is 0.420. The van der Waals surface area contributed by atoms with Gasteiger partial charge in [0.1, 0.15) is 0 Å². The van der Waals surface area contributed by atoms with Gasteiger partial charge < -0.3 is 0 Å². The molecule has 64 valence electrons. The summed E-state index contributed by atoms with van der Waals surface area (Å²) in [4.78, 5) is 5.07. The molecule has 0 aromatic rings. The summed E-state index contributed by atoms with van der Waals surface area (Å²) in [5.74, 6) is 0. The Hall–Kier alpha value is 0.270. The zero-order valence-corrected chi connectivity index (χ0v) is 7.17. The zero-order valence-electron chi connectivity index (χ0n) is 6.17. The molecule has 11 heavy (non-hydrogen) atoms. The van der Waals surface area contributed by atoms with Gasteiger partial charge in [0.2, 0.25) is 0 Å². The van der Waals surface area contributed by atoms with Crippen LogP contribution in [0.1, 0.15) is 32.1 Å². The maximum Gasteiger partial charge on any atom is 0.151 e. The van der Waals surface area contributed by atoms with Crippen LogP contribution in [0.15, 0.2) is 0 Å². The van der Waals surface area contributed by atoms with Crippen molar-refractivity contribution in [2.45, 2.75) is 37.4 Å². The van der Waals surface area contributed by atoms with Crippen LogP contribution in [0.4, 0.5) is 0 Å². The second-order valence-corrected chi connectivity index (χ2v) is 4.24. The molecule has 0 aromatic heterocycles. The fourth-order valence-corrected chi connectivity index (χ4v) is 2.35. The Morgan fingerprint density at radius 3 is 2.45 bits per heavy atom. The van der Waals surface area contributed by atoms with Crippen molar-refractivity contribution in [1.82, 2.24) is 0 Å². The molecule has 2 fully saturated rings. The van der Waals surface area contributed by atoms with Crippen LogP contribution in [-0.4, -0.2) is 5.34 Å². The zero-order chi connectivity index (χ0) is 7.57. The maximum atomic E-state index is 5.07. The van der Waals surface area contributed by atoms with Crippen molar-refractivity contribution in [1.29, 1.82) is 0 Å². The Bertz CT molecular complexity index is 109. The van der Waals surface area contributed by atoms with Crippen molar-refractivity contribution in [3.05, 3.63) is 0 Å². The average molecular weight is 178 g/mol. The molecule has 1 aliphatic heterocycles. The second kappa shape index (κ2) is 3.33. The van der Waals surface area contributed by atoms with E-state index in [2.05, 4.69) is 10.1 Å². The first-order valence-electron chi connectivity index (χ1n) is 3.87. The molecule has 0 amide bonds. The van der Waals surface area contributed by atoms with Gasteiger partial charge in [-0.05, 0) is 35.8 Å². The normalized spacial score (nSPS) is 32.7. The summed E-state index contributed by atoms with van der Waals surface area (Å²) in [6, 6.07) is 0. The van der Waals surface area contributed by atoms with E-state index in [0.717, 1.165) is 12.8 Å². The van der Waals surface area contributed by atoms with Gasteiger partial charge in [-0.15, -0.1) is 0 Å². The summed E-state index contributed by atoms with van der Waals surface area (Å²) < 4.78 is 4.74. The van der Waals surface area contributed by atoms with Gasteiger partial charge in [-0.2, -0.15) is 9.56 Å². The third kappa shape index (κ3) is 1.71. The summed E-state index contributed by atoms with van der Waals surface area (Å²) in [6.45, 7) is 0. The standard InChI is InChI=1S/C6H11O4P/c1-2-4-6(5-3-1)7-8-9-10-11-6/h11H,1-5H2. The second-order valence-electron chi connectivity index (χ2n) is 2.96. The lowest BCUT2D eigenvalue weighted by Crippen LogP contribution is -2.33. The lowest BCUT2D eigenvalue weighted by Gasteiger charge is -2.35. The smallest absolute Gasteiger partial charge is 0.151 e. The van der Waals surface area contributed by atoms with E-state index in [1.54, 1.807) is 0 Å². The highest BCUT2D eigenvalue weighted by Gasteiger charge is 2.39. The Morgan fingerprint density at radius 1 is 1.00 bits per heavy atom. The molecule has 0 radical (unpaired) electrons. The predicted octanol–water partition coefficient (Wildman–Crippen LogP) is 2.07. The van der Waals surface area contributed by atoms with Gasteiger partial charge in [-0.1, -0.05) is 6.42 Å². The van der Waals surface area contributed by atoms with Crippen LogP contribution in [0.3, 0.4) is 0 Å². The van der Waals surface area contributed by atoms with Gasteiger partial charge in [-0.3, -0.25) is 0 Å². The van der Waals surface area contributed by atoms with E-state index in [-0.39, 0.29) is 14.1 Å². The van der Waals surface area contributed by atoms with Gasteiger partial charge in [0, 0.05) is 0 Å². The molecule has 1 saturated heterocycles. The molecule has 1 saturated carbocycles. The Kier molecular flexibility index (Phi) is 2.39. The van der Waals surface area contributed by atoms with Crippen molar-refractivity contribution < 1.29 is 19.6 Å². The van der Waals surface area contributed by atoms with E-state index >= 15 is 0 Å². The monoisotopic (exact) mass is 178 g/mol. The molecule has 0 aromatic carbocycles. The molecule has 2 rings (SSSR count). The van der Waals surface area contributed by atoms with Crippen molar-refractivity contribution in [3.63, 3.8) is 0 Å². The lowest BCUT2D eigenvalue weighted by molar-refractivity contribution is -0.636. The minimum Gasteiger partial charge on any atom is -0.190 e. The van der Waals surface area contributed by atoms with Crippen LogP contribution in [-0.2, 0) is 19.6 Å². The van der Waals surface area contributed by atoms with E-state index in [0.29, 0.717) is 0 Å². The lowest BCUT2D eigenvalue weighted by atomic mass is 9.97. The Labute approximate surface area is 66.8 Å². The highest BCUT2D eigenvalue weighted by molar-refractivity contribution is 7.33. The maximum absolute atomic E-state index is 5.07. The molecule has 0 N–H and O–H groups in total. The summed E-state index contributed by atoms with van der Waals surface area (Å²) in [5, 5.41) is 8.35. The first-order chi connectivity index (χ1) is 5.41. The Balaban J connectivity index is 1.94. The summed E-state index contributed by atoms with van der Waals surface area (Å²) >= 11 is 0. The van der Waals surface area contributed by atoms with E-state index in [1.807, 2.05) is 0 Å². The summed E-state index contributed by atoms with van der Waals surface area (Å²) in [6.07, 6.45) is 5.72. The molecule has 0 bridgehead atoms. The molecule has 1 atom stereocenters. The van der Waals surface area contributed by atoms with Gasteiger partial charge >= 0.3 is 0 Å². The first kappa shape index (κ1) is 7.90. The SMILES string of the molecule is C1CCC2(CC1)OOOOP2. The molecular weight excluding hydrogens is 167 g/mol. The third-order valence-corrected chi connectivity index (χ3v) is 3.25. The minimum atomic E-state index is -0.184. The number of hydrogen-bond acceptors (Lipinski definition) is 4. The van der Waals surface area contributed by atoms with Crippen molar-refractivity contribution in [2.24, 2.45) is 0 Å². The molecule has 4 nitrogen and oxygen atoms in total. The molecular formula is C6H11O4P. The van der Waals surface area contributed by atoms with Crippen molar-refractivity contribution in [2.75, 3.05) is 0 Å². The largest absolute Gasteiger partial charge is 0.190 e. The van der Waals surface area contributed by atoms with Crippen LogP contribution >= 0.6 is 8.81 Å². The molecule has 1 heterocycles. The van der Waals surface area contributed by atoms with Gasteiger partial charge in [0.15, 0.2) is 5.34 Å². The predicted molar refractivity (Wildman–Crippen MR) is 38.5 cm³/mol. The van der Waals surface area contributed by atoms with Crippen molar-refractivity contribution in [3.8, 4) is 0 Å². The highest BCUT2D eigenvalue weighted by atomic mass is 31.1. The third-order valence-electron chi connectivity index (χ3n) is 2.14. The minimum absolute atomic E-state index is 0.184. The summed E-state index contributed by atoms with van der Waals surface area (Å²) in [7, 11) is 0.252. The van der Waals surface area contributed by atoms with Crippen LogP contribution in [0.25, 0.3) is 0 Å². The van der Waals surface area contributed by atoms with Gasteiger partial charge in [0.25, 0.3) is 0 Å². The van der Waals surface area contributed by atoms with E-state index in [4.69, 9.17) is 9.56 Å². The Morgan fingerprint density at radius 2 is 1.82 bits per heavy atom. The van der Waals surface area contributed by atoms with E-state index in [1.165, 1.54) is 19.3 Å². The fourth-order valence-electron chi connectivity index (χ4n) is 1.51. The van der Waals surface area contributed by atoms with E-state index < -0.39 is 0 Å². The van der Waals surface area contributed by atoms with Crippen LogP contribution in [0.5, 0.6) is 0 Å². The van der Waals surface area contributed by atoms with Crippen molar-refractivity contribution >= 4 is 8.81 Å². The highest BCUT2D eigenvalue weighted by Crippen LogP contribution is 2.48. The summed E-state index contributed by atoms with van der Waals surface area (Å²) in [5.41, 5.74) is 0. The molecule has 1 unspecified atom stereocenters. The molecule has 2 aliphatic rings. The fraction of sp³-hybridized carbons (Fsp3) is 1.00. The number of rotatable bonds is 0.